The summed E-state index contributed by atoms with van der Waals surface area (Å²) < 4.78 is 47.1. The standard InChI is InChI=1S/C19H18N4O8.C16H17N3O6/c1-26-12-8-13(27-2)21-18(20-12)30-10-6-5-7-11(16(10)17(24)25)31-19-22-14(28-3)9-15(23-19)29-4;1-9(19-24-4)10-6-5-7-11(14(10)15(20)21)25-16-17-12(22-2)8-13(18-16)23-3/h5-9H,1-4H3,(H,24,25);5-8H,1-4H3,(H,20,21). The summed E-state index contributed by atoms with van der Waals surface area (Å²) in [6, 6.07) is 12.9. The zero-order valence-corrected chi connectivity index (χ0v) is 31.1. The summed E-state index contributed by atoms with van der Waals surface area (Å²) in [5, 5.41) is 23.1. The van der Waals surface area contributed by atoms with Crippen molar-refractivity contribution >= 4 is 17.7 Å². The van der Waals surface area contributed by atoms with Crippen LogP contribution < -0.4 is 42.6 Å². The van der Waals surface area contributed by atoms with Crippen LogP contribution in [0.15, 0.2) is 59.8 Å². The number of ether oxygens (including phenoxy) is 9. The Kier molecular flexibility index (Phi) is 14.2. The number of hydrogen-bond donors (Lipinski definition) is 2. The van der Waals surface area contributed by atoms with Gasteiger partial charge in [0.05, 0.1) is 66.6 Å². The summed E-state index contributed by atoms with van der Waals surface area (Å²) >= 11 is 0. The predicted molar refractivity (Wildman–Crippen MR) is 192 cm³/mol. The number of rotatable bonds is 16. The first-order valence-corrected chi connectivity index (χ1v) is 15.7. The van der Waals surface area contributed by atoms with Crippen molar-refractivity contribution in [2.45, 2.75) is 6.92 Å². The van der Waals surface area contributed by atoms with Gasteiger partial charge in [0.15, 0.2) is 0 Å². The zero-order chi connectivity index (χ0) is 40.8. The van der Waals surface area contributed by atoms with Crippen LogP contribution in [-0.2, 0) is 4.84 Å². The molecule has 0 bridgehead atoms. The van der Waals surface area contributed by atoms with Crippen LogP contribution in [-0.4, -0.2) is 108 Å². The maximum Gasteiger partial charge on any atom is 0.343 e. The molecular formula is C35H35N7O14. The van der Waals surface area contributed by atoms with Gasteiger partial charge in [0.2, 0.25) is 35.3 Å². The molecule has 0 spiro atoms. The van der Waals surface area contributed by atoms with Crippen molar-refractivity contribution in [2.75, 3.05) is 49.8 Å². The SMILES string of the molecule is CON=C(C)c1cccc(Oc2nc(OC)cc(OC)n2)c1C(=O)O.COc1cc(OC)nc(Oc2cccc(Oc3nc(OC)cc(OC)n3)c2C(=O)O)n1. The Morgan fingerprint density at radius 1 is 0.500 bits per heavy atom. The molecule has 0 amide bonds. The molecule has 5 rings (SSSR count). The first-order valence-electron chi connectivity index (χ1n) is 15.7. The van der Waals surface area contributed by atoms with Gasteiger partial charge in [-0.05, 0) is 25.1 Å². The number of aromatic carboxylic acids is 2. The van der Waals surface area contributed by atoms with E-state index >= 15 is 0 Å². The molecule has 0 unspecified atom stereocenters. The van der Waals surface area contributed by atoms with E-state index in [-0.39, 0.29) is 81.7 Å². The van der Waals surface area contributed by atoms with E-state index in [4.69, 9.17) is 47.5 Å². The van der Waals surface area contributed by atoms with Crippen molar-refractivity contribution in [2.24, 2.45) is 5.16 Å². The number of aromatic nitrogens is 6. The largest absolute Gasteiger partial charge is 0.481 e. The monoisotopic (exact) mass is 777 g/mol. The number of carboxylic acids is 2. The maximum atomic E-state index is 12.0. The fourth-order valence-electron chi connectivity index (χ4n) is 4.43. The van der Waals surface area contributed by atoms with Gasteiger partial charge >= 0.3 is 30.0 Å². The van der Waals surface area contributed by atoms with Gasteiger partial charge in [-0.25, -0.2) is 9.59 Å². The molecule has 21 heteroatoms. The molecule has 3 heterocycles. The van der Waals surface area contributed by atoms with Crippen molar-refractivity contribution in [3.8, 4) is 70.6 Å². The van der Waals surface area contributed by atoms with Crippen molar-refractivity contribution in [3.05, 3.63) is 71.3 Å². The van der Waals surface area contributed by atoms with Crippen LogP contribution in [0.2, 0.25) is 0 Å². The molecule has 0 radical (unpaired) electrons. The molecule has 0 aliphatic carbocycles. The van der Waals surface area contributed by atoms with Gasteiger partial charge in [-0.15, -0.1) is 0 Å². The Balaban J connectivity index is 0.000000255. The van der Waals surface area contributed by atoms with E-state index in [9.17, 15) is 19.8 Å². The molecule has 0 atom stereocenters. The zero-order valence-electron chi connectivity index (χ0n) is 31.1. The van der Waals surface area contributed by atoms with Gasteiger partial charge in [-0.2, -0.15) is 29.9 Å². The molecular weight excluding hydrogens is 742 g/mol. The van der Waals surface area contributed by atoms with Crippen molar-refractivity contribution in [1.29, 1.82) is 0 Å². The van der Waals surface area contributed by atoms with Crippen LogP contribution in [0.3, 0.4) is 0 Å². The Hall–Kier alpha value is -7.71. The van der Waals surface area contributed by atoms with Crippen LogP contribution in [0.4, 0.5) is 0 Å². The lowest BCUT2D eigenvalue weighted by atomic mass is 10.0. The molecule has 56 heavy (non-hydrogen) atoms. The number of oxime groups is 1. The normalized spacial score (nSPS) is 10.5. The summed E-state index contributed by atoms with van der Waals surface area (Å²) in [4.78, 5) is 52.6. The lowest BCUT2D eigenvalue weighted by molar-refractivity contribution is 0.0680. The number of carboxylic acid groups (broad SMARTS) is 2. The van der Waals surface area contributed by atoms with Gasteiger partial charge in [0, 0.05) is 5.56 Å². The van der Waals surface area contributed by atoms with E-state index in [1.807, 2.05) is 0 Å². The molecule has 2 N–H and O–H groups in total. The Morgan fingerprint density at radius 3 is 1.09 bits per heavy atom. The number of methoxy groups -OCH3 is 6. The summed E-state index contributed by atoms with van der Waals surface area (Å²) in [5.74, 6) is -1.53. The highest BCUT2D eigenvalue weighted by Crippen LogP contribution is 2.35. The lowest BCUT2D eigenvalue weighted by Gasteiger charge is -2.13. The fourth-order valence-corrected chi connectivity index (χ4v) is 4.43. The molecule has 0 saturated carbocycles. The average Bonchev–Trinajstić information content (AvgIpc) is 3.20. The van der Waals surface area contributed by atoms with Crippen LogP contribution in [0, 0.1) is 0 Å². The molecule has 3 aromatic heterocycles. The van der Waals surface area contributed by atoms with Gasteiger partial charge < -0.3 is 57.7 Å². The van der Waals surface area contributed by atoms with E-state index < -0.39 is 11.9 Å². The van der Waals surface area contributed by atoms with Gasteiger partial charge in [-0.1, -0.05) is 23.4 Å². The molecule has 2 aromatic carbocycles. The highest BCUT2D eigenvalue weighted by Gasteiger charge is 2.23. The minimum atomic E-state index is -1.32. The molecule has 0 saturated heterocycles. The Morgan fingerprint density at radius 2 is 0.804 bits per heavy atom. The smallest absolute Gasteiger partial charge is 0.343 e. The van der Waals surface area contributed by atoms with E-state index in [2.05, 4.69) is 35.1 Å². The third-order valence-corrected chi connectivity index (χ3v) is 6.89. The number of carbonyl (C=O) groups is 2. The van der Waals surface area contributed by atoms with E-state index in [1.165, 1.54) is 92.2 Å². The second-order valence-electron chi connectivity index (χ2n) is 10.3. The predicted octanol–water partition coefficient (Wildman–Crippen LogP) is 4.94. The third kappa shape index (κ3) is 10.5. The second kappa shape index (κ2) is 19.4. The molecule has 5 aromatic rings. The highest BCUT2D eigenvalue weighted by atomic mass is 16.6. The van der Waals surface area contributed by atoms with E-state index in [1.54, 1.807) is 19.1 Å². The minimum absolute atomic E-state index is 0.0472. The molecule has 0 fully saturated rings. The second-order valence-corrected chi connectivity index (χ2v) is 10.3. The molecule has 0 aliphatic rings. The van der Waals surface area contributed by atoms with E-state index in [0.29, 0.717) is 11.3 Å². The maximum absolute atomic E-state index is 12.0. The highest BCUT2D eigenvalue weighted by molar-refractivity contribution is 6.08. The van der Waals surface area contributed by atoms with Gasteiger partial charge in [0.25, 0.3) is 0 Å². The Bertz CT molecular complexity index is 2060. The summed E-state index contributed by atoms with van der Waals surface area (Å²) in [5.41, 5.74) is 0.334. The first kappa shape index (κ1) is 41.1. The number of benzene rings is 2. The quantitative estimate of drug-likeness (QED) is 0.0993. The molecule has 294 valence electrons. The van der Waals surface area contributed by atoms with E-state index in [0.717, 1.165) is 0 Å². The lowest BCUT2D eigenvalue weighted by Crippen LogP contribution is -2.10. The first-order chi connectivity index (χ1) is 27.0. The molecule has 21 nitrogen and oxygen atoms in total. The van der Waals surface area contributed by atoms with Gasteiger partial charge in [0.1, 0.15) is 35.5 Å². The number of nitrogens with zero attached hydrogens (tertiary/aromatic N) is 7. The summed E-state index contributed by atoms with van der Waals surface area (Å²) in [6.07, 6.45) is 0. The topological polar surface area (TPSA) is 257 Å². The third-order valence-electron chi connectivity index (χ3n) is 6.89. The summed E-state index contributed by atoms with van der Waals surface area (Å²) in [7, 11) is 9.87. The van der Waals surface area contributed by atoms with Crippen LogP contribution in [0.1, 0.15) is 33.2 Å². The van der Waals surface area contributed by atoms with Crippen molar-refractivity contribution in [3.63, 3.8) is 0 Å². The van der Waals surface area contributed by atoms with Gasteiger partial charge in [-0.3, -0.25) is 0 Å². The van der Waals surface area contributed by atoms with Crippen molar-refractivity contribution < 1.29 is 67.3 Å². The minimum Gasteiger partial charge on any atom is -0.481 e. The Labute approximate surface area is 318 Å². The average molecular weight is 778 g/mol. The summed E-state index contributed by atoms with van der Waals surface area (Å²) in [6.45, 7) is 1.63. The number of hydrogen-bond acceptors (Lipinski definition) is 19. The van der Waals surface area contributed by atoms with Crippen LogP contribution in [0.25, 0.3) is 0 Å². The van der Waals surface area contributed by atoms with Crippen LogP contribution >= 0.6 is 0 Å². The fraction of sp³-hybridized carbons (Fsp3) is 0.229. The van der Waals surface area contributed by atoms with Crippen molar-refractivity contribution in [1.82, 2.24) is 29.9 Å². The molecule has 0 aliphatic heterocycles. The van der Waals surface area contributed by atoms with Crippen LogP contribution in [0.5, 0.6) is 70.6 Å².